The SMILES string of the molecule is CC(=O)Oc1c(-c2ccccc2)n(OC(C)=O)c2cc([NH+]([O-])O)c(OC(=O)CCl)cc12. The van der Waals surface area contributed by atoms with E-state index in [4.69, 9.17) is 25.9 Å². The number of aromatic nitrogens is 1. The number of alkyl halides is 1. The van der Waals surface area contributed by atoms with Crippen molar-refractivity contribution in [2.75, 3.05) is 5.88 Å². The topological polar surface area (TPSA) is 132 Å². The number of nitrogens with zero attached hydrogens (tertiary/aromatic N) is 1. The van der Waals surface area contributed by atoms with Gasteiger partial charge in [0.1, 0.15) is 11.6 Å². The monoisotopic (exact) mass is 448 g/mol. The molecule has 1 atom stereocenters. The van der Waals surface area contributed by atoms with Crippen LogP contribution >= 0.6 is 11.6 Å². The Labute approximate surface area is 180 Å². The van der Waals surface area contributed by atoms with E-state index in [2.05, 4.69) is 0 Å². The first-order valence-electron chi connectivity index (χ1n) is 8.88. The number of benzene rings is 2. The molecule has 0 saturated heterocycles. The van der Waals surface area contributed by atoms with E-state index in [-0.39, 0.29) is 33.8 Å². The van der Waals surface area contributed by atoms with Crippen molar-refractivity contribution in [3.8, 4) is 22.8 Å². The van der Waals surface area contributed by atoms with E-state index in [1.54, 1.807) is 30.3 Å². The van der Waals surface area contributed by atoms with Gasteiger partial charge in [-0.05, 0) is 0 Å². The fourth-order valence-corrected chi connectivity index (χ4v) is 3.03. The second-order valence-electron chi connectivity index (χ2n) is 6.29. The molecular formula is C20H17ClN2O8. The molecule has 2 N–H and O–H groups in total. The average Bonchev–Trinajstić information content (AvgIpc) is 2.99. The van der Waals surface area contributed by atoms with Gasteiger partial charge in [-0.3, -0.25) is 9.59 Å². The Hall–Kier alpha value is -3.44. The molecule has 1 unspecified atom stereocenters. The molecule has 0 aliphatic carbocycles. The normalized spacial score (nSPS) is 11.8. The van der Waals surface area contributed by atoms with Crippen LogP contribution in [-0.2, 0) is 14.4 Å². The van der Waals surface area contributed by atoms with Gasteiger partial charge in [0.15, 0.2) is 11.5 Å². The molecule has 0 radical (unpaired) electrons. The molecule has 11 heteroatoms. The summed E-state index contributed by atoms with van der Waals surface area (Å²) in [5, 5.41) is 20.2. The van der Waals surface area contributed by atoms with Crippen molar-refractivity contribution in [3.63, 3.8) is 0 Å². The van der Waals surface area contributed by atoms with E-state index >= 15 is 0 Å². The summed E-state index contributed by atoms with van der Waals surface area (Å²) in [6.45, 7) is 2.35. The number of fused-ring (bicyclic) bond motifs is 1. The summed E-state index contributed by atoms with van der Waals surface area (Å²) in [5.74, 6) is -3.05. The number of esters is 2. The van der Waals surface area contributed by atoms with Gasteiger partial charge in [0.2, 0.25) is 5.69 Å². The Balaban J connectivity index is 2.42. The number of carbonyl (C=O) groups is 3. The van der Waals surface area contributed by atoms with Crippen LogP contribution in [0.1, 0.15) is 13.8 Å². The Morgan fingerprint density at radius 2 is 1.77 bits per heavy atom. The molecule has 0 aliphatic rings. The molecule has 31 heavy (non-hydrogen) atoms. The molecular weight excluding hydrogens is 432 g/mol. The minimum atomic E-state index is -1.40. The molecule has 0 fully saturated rings. The van der Waals surface area contributed by atoms with Crippen molar-refractivity contribution < 1.29 is 39.1 Å². The van der Waals surface area contributed by atoms with Crippen LogP contribution in [0.5, 0.6) is 11.5 Å². The maximum atomic E-state index is 11.8. The molecule has 2 aromatic carbocycles. The van der Waals surface area contributed by atoms with Crippen molar-refractivity contribution in [1.29, 1.82) is 0 Å². The van der Waals surface area contributed by atoms with Crippen LogP contribution in [0.15, 0.2) is 42.5 Å². The van der Waals surface area contributed by atoms with Gasteiger partial charge in [0, 0.05) is 31.5 Å². The number of hydrogen-bond acceptors (Lipinski definition) is 8. The fourth-order valence-electron chi connectivity index (χ4n) is 2.97. The Kier molecular flexibility index (Phi) is 6.56. The number of quaternary nitrogens is 1. The number of halogens is 1. The quantitative estimate of drug-likeness (QED) is 0.252. The summed E-state index contributed by atoms with van der Waals surface area (Å²) >= 11 is 5.47. The van der Waals surface area contributed by atoms with E-state index in [0.29, 0.717) is 5.56 Å². The minimum absolute atomic E-state index is 0.00457. The second kappa shape index (κ2) is 9.14. The van der Waals surface area contributed by atoms with Crippen LogP contribution in [0.25, 0.3) is 22.2 Å². The number of rotatable bonds is 6. The maximum Gasteiger partial charge on any atom is 0.329 e. The first-order chi connectivity index (χ1) is 14.7. The molecule has 0 aliphatic heterocycles. The summed E-state index contributed by atoms with van der Waals surface area (Å²) in [5.41, 5.74) is 0.435. The molecule has 3 rings (SSSR count). The average molecular weight is 449 g/mol. The second-order valence-corrected chi connectivity index (χ2v) is 6.56. The number of nitrogens with one attached hydrogen (secondary N) is 1. The van der Waals surface area contributed by atoms with Crippen molar-refractivity contribution in [2.45, 2.75) is 13.8 Å². The summed E-state index contributed by atoms with van der Waals surface area (Å²) in [7, 11) is 0. The lowest BCUT2D eigenvalue weighted by molar-refractivity contribution is -0.991. The third-order valence-corrected chi connectivity index (χ3v) is 4.27. The Bertz CT molecular complexity index is 1160. The molecule has 1 aromatic heterocycles. The van der Waals surface area contributed by atoms with Gasteiger partial charge in [-0.2, -0.15) is 9.96 Å². The lowest BCUT2D eigenvalue weighted by Gasteiger charge is -2.16. The number of carbonyl (C=O) groups excluding carboxylic acids is 3. The predicted molar refractivity (Wildman–Crippen MR) is 108 cm³/mol. The van der Waals surface area contributed by atoms with Gasteiger partial charge >= 0.3 is 17.9 Å². The molecule has 0 spiro atoms. The Morgan fingerprint density at radius 3 is 2.32 bits per heavy atom. The van der Waals surface area contributed by atoms with Crippen molar-refractivity contribution >= 4 is 46.1 Å². The lowest BCUT2D eigenvalue weighted by Crippen LogP contribution is -2.99. The van der Waals surface area contributed by atoms with Gasteiger partial charge < -0.3 is 19.5 Å². The van der Waals surface area contributed by atoms with Gasteiger partial charge in [-0.25, -0.2) is 10.0 Å². The van der Waals surface area contributed by atoms with Crippen molar-refractivity contribution in [2.24, 2.45) is 0 Å². The number of hydrogen-bond donors (Lipinski definition) is 2. The van der Waals surface area contributed by atoms with Crippen LogP contribution < -0.4 is 19.5 Å². The van der Waals surface area contributed by atoms with Crippen molar-refractivity contribution in [3.05, 3.63) is 47.7 Å². The highest BCUT2D eigenvalue weighted by Gasteiger charge is 2.27. The molecule has 162 valence electrons. The van der Waals surface area contributed by atoms with Crippen LogP contribution in [-0.4, -0.2) is 33.7 Å². The van der Waals surface area contributed by atoms with Crippen LogP contribution in [0.4, 0.5) is 5.69 Å². The lowest BCUT2D eigenvalue weighted by atomic mass is 10.1. The third kappa shape index (κ3) is 4.67. The standard InChI is InChI=1S/C20H17ClN2O8/c1-11(24)29-20-14-8-17(30-18(26)10-21)16(23(27)28)9-15(14)22(31-12(2)25)19(20)13-6-4-3-5-7-13/h3-9,23,27H,10H2,1-2H3. The van der Waals surface area contributed by atoms with E-state index in [0.717, 1.165) is 10.8 Å². The number of ether oxygens (including phenoxy) is 2. The van der Waals surface area contributed by atoms with Gasteiger partial charge in [0.25, 0.3) is 0 Å². The van der Waals surface area contributed by atoms with Crippen LogP contribution in [0, 0.1) is 5.21 Å². The first kappa shape index (κ1) is 22.2. The van der Waals surface area contributed by atoms with Gasteiger partial charge in [-0.15, -0.1) is 11.6 Å². The third-order valence-electron chi connectivity index (χ3n) is 4.06. The van der Waals surface area contributed by atoms with E-state index in [1.165, 1.54) is 19.9 Å². The van der Waals surface area contributed by atoms with Gasteiger partial charge in [-0.1, -0.05) is 30.3 Å². The molecule has 3 aromatic rings. The summed E-state index contributed by atoms with van der Waals surface area (Å²) in [4.78, 5) is 40.6. The highest BCUT2D eigenvalue weighted by atomic mass is 35.5. The molecule has 1 heterocycles. The highest BCUT2D eigenvalue weighted by Crippen LogP contribution is 2.43. The zero-order chi connectivity index (χ0) is 22.7. The zero-order valence-corrected chi connectivity index (χ0v) is 17.1. The van der Waals surface area contributed by atoms with E-state index in [9.17, 15) is 24.8 Å². The summed E-state index contributed by atoms with van der Waals surface area (Å²) in [6.07, 6.45) is 0. The van der Waals surface area contributed by atoms with E-state index in [1.807, 2.05) is 0 Å². The zero-order valence-electron chi connectivity index (χ0n) is 16.4. The van der Waals surface area contributed by atoms with Crippen LogP contribution in [0.3, 0.4) is 0 Å². The first-order valence-corrected chi connectivity index (χ1v) is 9.41. The largest absolute Gasteiger partial charge is 0.595 e. The fraction of sp³-hybridized carbons (Fsp3) is 0.150. The predicted octanol–water partition coefficient (Wildman–Crippen LogP) is 1.76. The molecule has 10 nitrogen and oxygen atoms in total. The minimum Gasteiger partial charge on any atom is -0.595 e. The molecule has 0 bridgehead atoms. The van der Waals surface area contributed by atoms with E-state index < -0.39 is 29.0 Å². The Morgan fingerprint density at radius 1 is 1.10 bits per heavy atom. The molecule has 0 amide bonds. The van der Waals surface area contributed by atoms with Crippen LogP contribution in [0.2, 0.25) is 0 Å². The maximum absolute atomic E-state index is 11.8. The summed E-state index contributed by atoms with van der Waals surface area (Å²) in [6, 6.07) is 10.9. The van der Waals surface area contributed by atoms with Crippen molar-refractivity contribution in [1.82, 2.24) is 4.73 Å². The summed E-state index contributed by atoms with van der Waals surface area (Å²) < 4.78 is 11.5. The van der Waals surface area contributed by atoms with Gasteiger partial charge in [0.05, 0.1) is 10.9 Å². The molecule has 0 saturated carbocycles. The highest BCUT2D eigenvalue weighted by molar-refractivity contribution is 6.26. The smallest absolute Gasteiger partial charge is 0.329 e.